The van der Waals surface area contributed by atoms with E-state index in [9.17, 15) is 13.2 Å². The van der Waals surface area contributed by atoms with Gasteiger partial charge in [0.1, 0.15) is 0 Å². The number of fused-ring (bicyclic) bond motifs is 1. The number of hydrogen-bond acceptors (Lipinski definition) is 4. The number of benzene rings is 1. The highest BCUT2D eigenvalue weighted by atomic mass is 35.5. The highest BCUT2D eigenvalue weighted by molar-refractivity contribution is 7.89. The molecule has 1 unspecified atom stereocenters. The Labute approximate surface area is 168 Å². The molecule has 0 saturated carbocycles. The molecule has 152 valence electrons. The highest BCUT2D eigenvalue weighted by Gasteiger charge is 2.18. The largest absolute Gasteiger partial charge is 0.356 e. The fourth-order valence-corrected chi connectivity index (χ4v) is 4.79. The lowest BCUT2D eigenvalue weighted by atomic mass is 9.92. The molecule has 1 saturated heterocycles. The summed E-state index contributed by atoms with van der Waals surface area (Å²) in [4.78, 5) is 12.2. The van der Waals surface area contributed by atoms with Crippen LogP contribution < -0.4 is 15.4 Å². The molecule has 1 fully saturated rings. The van der Waals surface area contributed by atoms with Crippen molar-refractivity contribution in [3.05, 3.63) is 29.3 Å². The van der Waals surface area contributed by atoms with Crippen LogP contribution in [0.1, 0.15) is 43.2 Å². The van der Waals surface area contributed by atoms with E-state index in [1.807, 2.05) is 6.07 Å². The van der Waals surface area contributed by atoms with Crippen LogP contribution in [-0.4, -0.2) is 40.5 Å². The van der Waals surface area contributed by atoms with Crippen molar-refractivity contribution in [1.82, 2.24) is 15.4 Å². The minimum absolute atomic E-state index is 0. The normalized spacial score (nSPS) is 19.6. The molecule has 8 heteroatoms. The van der Waals surface area contributed by atoms with Crippen molar-refractivity contribution in [2.45, 2.75) is 49.8 Å². The molecule has 27 heavy (non-hydrogen) atoms. The van der Waals surface area contributed by atoms with Crippen molar-refractivity contribution in [2.24, 2.45) is 5.92 Å². The molecule has 3 N–H and O–H groups in total. The van der Waals surface area contributed by atoms with Crippen molar-refractivity contribution < 1.29 is 13.2 Å². The second-order valence-electron chi connectivity index (χ2n) is 7.30. The number of carbonyl (C=O) groups excluding carboxylic acids is 1. The van der Waals surface area contributed by atoms with Gasteiger partial charge in [-0.25, -0.2) is 13.1 Å². The Hall–Kier alpha value is -1.15. The predicted molar refractivity (Wildman–Crippen MR) is 109 cm³/mol. The van der Waals surface area contributed by atoms with Gasteiger partial charge in [-0.15, -0.1) is 12.4 Å². The molecule has 6 nitrogen and oxygen atoms in total. The number of amides is 1. The van der Waals surface area contributed by atoms with Crippen LogP contribution >= 0.6 is 12.4 Å². The number of aryl methyl sites for hydroxylation is 2. The zero-order chi connectivity index (χ0) is 18.4. The van der Waals surface area contributed by atoms with Gasteiger partial charge in [0, 0.05) is 19.5 Å². The molecule has 1 heterocycles. The van der Waals surface area contributed by atoms with Crippen LogP contribution in [0.3, 0.4) is 0 Å². The van der Waals surface area contributed by atoms with E-state index in [2.05, 4.69) is 15.4 Å². The lowest BCUT2D eigenvalue weighted by Crippen LogP contribution is -2.39. The lowest BCUT2D eigenvalue weighted by molar-refractivity contribution is -0.121. The van der Waals surface area contributed by atoms with Crippen LogP contribution in [0, 0.1) is 5.92 Å². The smallest absolute Gasteiger partial charge is 0.240 e. The summed E-state index contributed by atoms with van der Waals surface area (Å²) in [5.74, 6) is 0.364. The number of nitrogens with one attached hydrogen (secondary N) is 3. The minimum atomic E-state index is -3.56. The van der Waals surface area contributed by atoms with Crippen molar-refractivity contribution in [1.29, 1.82) is 0 Å². The van der Waals surface area contributed by atoms with Gasteiger partial charge in [-0.1, -0.05) is 6.07 Å². The Morgan fingerprint density at radius 3 is 2.67 bits per heavy atom. The lowest BCUT2D eigenvalue weighted by Gasteiger charge is -2.22. The molecular formula is C19H30ClN3O3S. The van der Waals surface area contributed by atoms with Crippen LogP contribution in [0.15, 0.2) is 23.1 Å². The summed E-state index contributed by atoms with van der Waals surface area (Å²) in [5, 5.41) is 6.22. The van der Waals surface area contributed by atoms with Gasteiger partial charge in [0.15, 0.2) is 0 Å². The first kappa shape index (κ1) is 22.1. The number of halogens is 1. The number of carbonyl (C=O) groups is 1. The van der Waals surface area contributed by atoms with E-state index in [4.69, 9.17) is 0 Å². The molecule has 1 aromatic carbocycles. The molecule has 1 aliphatic heterocycles. The third kappa shape index (κ3) is 6.45. The third-order valence-corrected chi connectivity index (χ3v) is 6.72. The van der Waals surface area contributed by atoms with E-state index in [0.717, 1.165) is 50.8 Å². The summed E-state index contributed by atoms with van der Waals surface area (Å²) in [7, 11) is -3.56. The quantitative estimate of drug-likeness (QED) is 0.633. The molecule has 1 amide bonds. The maximum Gasteiger partial charge on any atom is 0.240 e. The first-order chi connectivity index (χ1) is 12.5. The summed E-state index contributed by atoms with van der Waals surface area (Å²) in [6.45, 7) is 2.76. The molecule has 0 bridgehead atoms. The summed E-state index contributed by atoms with van der Waals surface area (Å²) < 4.78 is 27.5. The predicted octanol–water partition coefficient (Wildman–Crippen LogP) is 1.77. The van der Waals surface area contributed by atoms with Crippen molar-refractivity contribution >= 4 is 28.3 Å². The Balaban J connectivity index is 0.00000261. The van der Waals surface area contributed by atoms with Crippen LogP contribution in [0.25, 0.3) is 0 Å². The van der Waals surface area contributed by atoms with E-state index in [1.165, 1.54) is 12.0 Å². The second kappa shape index (κ2) is 10.4. The van der Waals surface area contributed by atoms with Gasteiger partial charge in [0.2, 0.25) is 15.9 Å². The molecule has 3 rings (SSSR count). The van der Waals surface area contributed by atoms with Crippen LogP contribution in [0.2, 0.25) is 0 Å². The summed E-state index contributed by atoms with van der Waals surface area (Å²) in [6.07, 6.45) is 6.67. The minimum Gasteiger partial charge on any atom is -0.356 e. The average Bonchev–Trinajstić information content (AvgIpc) is 2.66. The van der Waals surface area contributed by atoms with Crippen LogP contribution in [-0.2, 0) is 27.7 Å². The first-order valence-corrected chi connectivity index (χ1v) is 11.1. The van der Waals surface area contributed by atoms with Crippen molar-refractivity contribution in [2.75, 3.05) is 26.2 Å². The van der Waals surface area contributed by atoms with Crippen molar-refractivity contribution in [3.63, 3.8) is 0 Å². The summed E-state index contributed by atoms with van der Waals surface area (Å²) >= 11 is 0. The number of rotatable bonds is 7. The highest BCUT2D eigenvalue weighted by Crippen LogP contribution is 2.24. The standard InChI is InChI=1S/C19H29N3O3S.ClH/c23-19(21-14-15-4-3-10-20-13-15)9-11-22-26(24,25)18-8-7-16-5-1-2-6-17(16)12-18;/h7-8,12,15,20,22H,1-6,9-11,13-14H2,(H,21,23);1H. The van der Waals surface area contributed by atoms with Gasteiger partial charge in [-0.05, 0) is 80.8 Å². The number of piperidine rings is 1. The van der Waals surface area contributed by atoms with Gasteiger partial charge in [-0.2, -0.15) is 0 Å². The Morgan fingerprint density at radius 2 is 1.93 bits per heavy atom. The monoisotopic (exact) mass is 415 g/mol. The van der Waals surface area contributed by atoms with Gasteiger partial charge in [0.25, 0.3) is 0 Å². The molecular weight excluding hydrogens is 386 g/mol. The topological polar surface area (TPSA) is 87.3 Å². The fourth-order valence-electron chi connectivity index (χ4n) is 3.70. The maximum absolute atomic E-state index is 12.5. The number of sulfonamides is 1. The first-order valence-electron chi connectivity index (χ1n) is 9.63. The second-order valence-corrected chi connectivity index (χ2v) is 9.07. The Morgan fingerprint density at radius 1 is 1.15 bits per heavy atom. The molecule has 1 aromatic rings. The average molecular weight is 416 g/mol. The van der Waals surface area contributed by atoms with E-state index < -0.39 is 10.0 Å². The maximum atomic E-state index is 12.5. The van der Waals surface area contributed by atoms with Crippen LogP contribution in [0.4, 0.5) is 0 Å². The van der Waals surface area contributed by atoms with E-state index in [-0.39, 0.29) is 31.3 Å². The van der Waals surface area contributed by atoms with Gasteiger partial charge in [-0.3, -0.25) is 4.79 Å². The van der Waals surface area contributed by atoms with Gasteiger partial charge >= 0.3 is 0 Å². The zero-order valence-corrected chi connectivity index (χ0v) is 17.3. The van der Waals surface area contributed by atoms with E-state index in [1.54, 1.807) is 12.1 Å². The summed E-state index contributed by atoms with van der Waals surface area (Å²) in [5.41, 5.74) is 2.39. The number of hydrogen-bond donors (Lipinski definition) is 3. The molecule has 1 atom stereocenters. The molecule has 1 aliphatic carbocycles. The molecule has 2 aliphatic rings. The summed E-state index contributed by atoms with van der Waals surface area (Å²) in [6, 6.07) is 5.38. The van der Waals surface area contributed by atoms with E-state index in [0.29, 0.717) is 17.4 Å². The fraction of sp³-hybridized carbons (Fsp3) is 0.632. The van der Waals surface area contributed by atoms with Gasteiger partial charge < -0.3 is 10.6 Å². The van der Waals surface area contributed by atoms with Gasteiger partial charge in [0.05, 0.1) is 4.90 Å². The van der Waals surface area contributed by atoms with Crippen molar-refractivity contribution in [3.8, 4) is 0 Å². The molecule has 0 radical (unpaired) electrons. The third-order valence-electron chi connectivity index (χ3n) is 5.26. The van der Waals surface area contributed by atoms with E-state index >= 15 is 0 Å². The SMILES string of the molecule is Cl.O=C(CCNS(=O)(=O)c1ccc2c(c1)CCCC2)NCC1CCCNC1. The van der Waals surface area contributed by atoms with Crippen LogP contribution in [0.5, 0.6) is 0 Å². The Bertz CT molecular complexity index is 734. The molecule has 0 spiro atoms. The zero-order valence-electron chi connectivity index (χ0n) is 15.6. The Kier molecular flexibility index (Phi) is 8.54. The molecule has 0 aromatic heterocycles.